The van der Waals surface area contributed by atoms with Crippen molar-refractivity contribution in [3.8, 4) is 0 Å². The number of unbranched alkanes of at least 4 members (excludes halogenated alkanes) is 2. The Morgan fingerprint density at radius 3 is 1.86 bits per heavy atom. The molecule has 0 aromatic heterocycles. The van der Waals surface area contributed by atoms with E-state index in [-0.39, 0.29) is 6.61 Å². The van der Waals surface area contributed by atoms with Gasteiger partial charge < -0.3 is 80.5 Å². The molecule has 0 aromatic carbocycles. The Labute approximate surface area is 287 Å². The van der Waals surface area contributed by atoms with Gasteiger partial charge in [0, 0.05) is 20.5 Å². The van der Waals surface area contributed by atoms with Crippen LogP contribution in [0, 0.1) is 0 Å². The minimum Gasteiger partial charge on any atom is -0.394 e. The van der Waals surface area contributed by atoms with Crippen LogP contribution in [-0.2, 0) is 52.6 Å². The summed E-state index contributed by atoms with van der Waals surface area (Å²) in [5.74, 6) is -1.26. The number of ether oxygens (including phenoxy) is 6. The Balaban J connectivity index is 1.90. The van der Waals surface area contributed by atoms with Gasteiger partial charge in [-0.3, -0.25) is 14.1 Å². The van der Waals surface area contributed by atoms with Gasteiger partial charge in [-0.05, 0) is 25.8 Å². The minimum absolute atomic E-state index is 0.0677. The summed E-state index contributed by atoms with van der Waals surface area (Å²) in [5, 5.41) is 78.6. The Hall–Kier alpha value is -1.75. The molecule has 3 saturated heterocycles. The number of hydrogen-bond donors (Lipinski definition) is 11. The highest BCUT2D eigenvalue weighted by Gasteiger charge is 2.53. The van der Waals surface area contributed by atoms with E-state index in [1.54, 1.807) is 0 Å². The maximum absolute atomic E-state index is 12.3. The summed E-state index contributed by atoms with van der Waals surface area (Å²) in [7, 11) is -5.02. The van der Waals surface area contributed by atoms with Crippen LogP contribution >= 0.6 is 0 Å². The van der Waals surface area contributed by atoms with Crippen LogP contribution in [0.5, 0.6) is 0 Å². The first-order valence-corrected chi connectivity index (χ1v) is 17.3. The van der Waals surface area contributed by atoms with Crippen LogP contribution in [-0.4, -0.2) is 185 Å². The van der Waals surface area contributed by atoms with E-state index < -0.39 is 134 Å². The van der Waals surface area contributed by atoms with Crippen molar-refractivity contribution >= 4 is 22.2 Å². The fourth-order valence-electron chi connectivity index (χ4n) is 5.65. The molecule has 3 heterocycles. The SMILES string of the molecule is CC(=O)N[C@H]1[C@H](OC[C@H]2O[C@@H](OCCCCCN)[C@H](NC(C)=O)[C@@H](O[C@@H]3O[C@H](COS(=O)(=O)O)[C@@H](O)[C@H](O)[C@H]3O)[C@H]2O)O[C@H](CO)[C@H](O)[C@@H]1O. The van der Waals surface area contributed by atoms with Gasteiger partial charge in [0.1, 0.15) is 73.1 Å². The standard InChI is InChI=1S/C27H49N3O19S/c1-11(32)29-16-21(37)18(34)13(8-31)46-25(16)44-9-14-20(36)24(17(30-12(2)33)26(47-14)43-7-5-3-4-6-28)49-27-23(39)22(38)19(35)15(48-27)10-45-50(40,41)42/h13-27,31,34-39H,3-10,28H2,1-2H3,(H,29,32)(H,30,33)(H,40,41,42)/t13-,14-,15-,16-,17-,18+,19-,20+,21-,22+,23-,24-,25-,26-,27+/m1/s1. The second-order valence-corrected chi connectivity index (χ2v) is 13.2. The van der Waals surface area contributed by atoms with Gasteiger partial charge in [0.15, 0.2) is 18.9 Å². The third-order valence-corrected chi connectivity index (χ3v) is 8.62. The molecule has 0 spiro atoms. The number of aliphatic hydroxyl groups is 7. The summed E-state index contributed by atoms with van der Waals surface area (Å²) in [5.41, 5.74) is 5.55. The van der Waals surface area contributed by atoms with Gasteiger partial charge in [-0.1, -0.05) is 0 Å². The van der Waals surface area contributed by atoms with Crippen LogP contribution in [0.4, 0.5) is 0 Å². The van der Waals surface area contributed by atoms with E-state index in [4.69, 9.17) is 38.7 Å². The zero-order chi connectivity index (χ0) is 37.3. The van der Waals surface area contributed by atoms with Gasteiger partial charge in [0.2, 0.25) is 11.8 Å². The van der Waals surface area contributed by atoms with Crippen molar-refractivity contribution in [3.63, 3.8) is 0 Å². The minimum atomic E-state index is -5.02. The van der Waals surface area contributed by atoms with Crippen molar-refractivity contribution < 1.29 is 90.9 Å². The van der Waals surface area contributed by atoms with E-state index in [0.717, 1.165) is 13.8 Å². The Morgan fingerprint density at radius 1 is 0.700 bits per heavy atom. The highest BCUT2D eigenvalue weighted by molar-refractivity contribution is 7.80. The van der Waals surface area contributed by atoms with Crippen LogP contribution in [0.25, 0.3) is 0 Å². The van der Waals surface area contributed by atoms with Crippen molar-refractivity contribution in [1.29, 1.82) is 0 Å². The second kappa shape index (κ2) is 19.4. The monoisotopic (exact) mass is 751 g/mol. The Morgan fingerprint density at radius 2 is 1.26 bits per heavy atom. The number of carbonyl (C=O) groups is 2. The third kappa shape index (κ3) is 11.6. The summed E-state index contributed by atoms with van der Waals surface area (Å²) in [4.78, 5) is 24.1. The summed E-state index contributed by atoms with van der Waals surface area (Å²) in [6.45, 7) is 0.433. The molecule has 2 amide bonds. The molecule has 0 unspecified atom stereocenters. The molecule has 0 radical (unpaired) electrons. The number of nitrogens with one attached hydrogen (secondary N) is 2. The molecule has 3 aliphatic rings. The van der Waals surface area contributed by atoms with Gasteiger partial charge in [0.05, 0.1) is 19.8 Å². The molecule has 12 N–H and O–H groups in total. The predicted molar refractivity (Wildman–Crippen MR) is 162 cm³/mol. The normalized spacial score (nSPS) is 39.5. The largest absolute Gasteiger partial charge is 0.397 e. The maximum Gasteiger partial charge on any atom is 0.397 e. The summed E-state index contributed by atoms with van der Waals surface area (Å²) >= 11 is 0. The fourth-order valence-corrected chi connectivity index (χ4v) is 5.95. The molecule has 23 heteroatoms. The number of nitrogens with two attached hydrogens (primary N) is 1. The molecule has 292 valence electrons. The lowest BCUT2D eigenvalue weighted by Gasteiger charge is -2.48. The number of amides is 2. The number of carbonyl (C=O) groups excluding carboxylic acids is 2. The molecule has 0 bridgehead atoms. The first-order chi connectivity index (χ1) is 23.5. The quantitative estimate of drug-likeness (QED) is 0.0486. The first kappa shape index (κ1) is 42.7. The molecule has 3 fully saturated rings. The van der Waals surface area contributed by atoms with Crippen molar-refractivity contribution in [2.75, 3.05) is 33.0 Å². The average Bonchev–Trinajstić information content (AvgIpc) is 3.04. The zero-order valence-electron chi connectivity index (χ0n) is 27.4. The summed E-state index contributed by atoms with van der Waals surface area (Å²) in [6, 6.07) is -2.69. The smallest absolute Gasteiger partial charge is 0.394 e. The topological polar surface area (TPSA) is 345 Å². The van der Waals surface area contributed by atoms with Gasteiger partial charge >= 0.3 is 10.4 Å². The molecule has 0 aliphatic carbocycles. The molecule has 3 aliphatic heterocycles. The molecule has 15 atom stereocenters. The van der Waals surface area contributed by atoms with E-state index >= 15 is 0 Å². The van der Waals surface area contributed by atoms with Gasteiger partial charge in [-0.15, -0.1) is 0 Å². The first-order valence-electron chi connectivity index (χ1n) is 15.9. The fraction of sp³-hybridized carbons (Fsp3) is 0.926. The third-order valence-electron chi connectivity index (χ3n) is 8.19. The molecule has 0 aromatic rings. The molecule has 50 heavy (non-hydrogen) atoms. The lowest BCUT2D eigenvalue weighted by molar-refractivity contribution is -0.348. The van der Waals surface area contributed by atoms with Crippen molar-refractivity contribution in [2.45, 2.75) is 125 Å². The predicted octanol–water partition coefficient (Wildman–Crippen LogP) is -6.31. The van der Waals surface area contributed by atoms with Gasteiger partial charge in [-0.25, -0.2) is 4.18 Å². The summed E-state index contributed by atoms with van der Waals surface area (Å²) in [6.07, 6.45) is -20.0. The van der Waals surface area contributed by atoms with Crippen molar-refractivity contribution in [3.05, 3.63) is 0 Å². The van der Waals surface area contributed by atoms with E-state index in [9.17, 15) is 53.8 Å². The number of aliphatic hydroxyl groups excluding tert-OH is 7. The number of rotatable bonds is 17. The van der Waals surface area contributed by atoms with Crippen molar-refractivity contribution in [2.24, 2.45) is 5.73 Å². The zero-order valence-corrected chi connectivity index (χ0v) is 28.2. The highest BCUT2D eigenvalue weighted by atomic mass is 32.3. The molecule has 3 rings (SSSR count). The molecular formula is C27H49N3O19S. The molecular weight excluding hydrogens is 702 g/mol. The molecule has 22 nitrogen and oxygen atoms in total. The average molecular weight is 752 g/mol. The molecule has 0 saturated carbocycles. The van der Waals surface area contributed by atoms with E-state index in [0.29, 0.717) is 25.8 Å². The van der Waals surface area contributed by atoms with Crippen LogP contribution < -0.4 is 16.4 Å². The lowest BCUT2D eigenvalue weighted by atomic mass is 9.95. The van der Waals surface area contributed by atoms with Crippen LogP contribution in [0.15, 0.2) is 0 Å². The van der Waals surface area contributed by atoms with Gasteiger partial charge in [0.25, 0.3) is 0 Å². The highest BCUT2D eigenvalue weighted by Crippen LogP contribution is 2.31. The van der Waals surface area contributed by atoms with Crippen molar-refractivity contribution in [1.82, 2.24) is 10.6 Å². The number of hydrogen-bond acceptors (Lipinski definition) is 19. The Bertz CT molecular complexity index is 1190. The van der Waals surface area contributed by atoms with E-state index in [1.807, 2.05) is 0 Å². The van der Waals surface area contributed by atoms with E-state index in [1.165, 1.54) is 0 Å². The van der Waals surface area contributed by atoms with Crippen LogP contribution in [0.3, 0.4) is 0 Å². The van der Waals surface area contributed by atoms with Crippen LogP contribution in [0.1, 0.15) is 33.1 Å². The second-order valence-electron chi connectivity index (χ2n) is 12.1. The van der Waals surface area contributed by atoms with Gasteiger partial charge in [-0.2, -0.15) is 8.42 Å². The summed E-state index contributed by atoms with van der Waals surface area (Å²) < 4.78 is 70.0. The van der Waals surface area contributed by atoms with Crippen LogP contribution in [0.2, 0.25) is 0 Å². The lowest BCUT2D eigenvalue weighted by Crippen LogP contribution is -2.68. The maximum atomic E-state index is 12.3. The Kier molecular flexibility index (Phi) is 16.5. The van der Waals surface area contributed by atoms with E-state index in [2.05, 4.69) is 14.8 Å².